The summed E-state index contributed by atoms with van der Waals surface area (Å²) in [5, 5.41) is 13.5. The standard InChI is InChI=1S/C27H23Cl2NO4/c28-20-11-9-19(10-12-20)27(15-3-4-16-27)26(33)30-23(25(31)32)17-18-7-13-21(14-8-18)34-24-6-2-1-5-22(24)29/h1-2,5-14,17H,3-4,15-16H2,(H,30,33)(H,31,32)/b23-17-. The summed E-state index contributed by atoms with van der Waals surface area (Å²) in [6.45, 7) is 0. The average molecular weight is 496 g/mol. The smallest absolute Gasteiger partial charge is 0.352 e. The van der Waals surface area contributed by atoms with Crippen LogP contribution >= 0.6 is 23.2 Å². The molecule has 0 aromatic heterocycles. The molecule has 174 valence electrons. The third-order valence-electron chi connectivity index (χ3n) is 6.02. The molecule has 34 heavy (non-hydrogen) atoms. The zero-order valence-electron chi connectivity index (χ0n) is 18.3. The van der Waals surface area contributed by atoms with E-state index in [2.05, 4.69) is 5.32 Å². The summed E-state index contributed by atoms with van der Waals surface area (Å²) < 4.78 is 5.77. The number of aliphatic carboxylic acids is 1. The van der Waals surface area contributed by atoms with E-state index in [4.69, 9.17) is 27.9 Å². The first kappa shape index (κ1) is 23.9. The second-order valence-electron chi connectivity index (χ2n) is 8.21. The molecule has 0 bridgehead atoms. The Morgan fingerprint density at radius 1 is 0.912 bits per heavy atom. The van der Waals surface area contributed by atoms with Crippen LogP contribution in [0.3, 0.4) is 0 Å². The second kappa shape index (κ2) is 10.3. The molecule has 0 atom stereocenters. The molecule has 0 spiro atoms. The van der Waals surface area contributed by atoms with Crippen LogP contribution in [-0.2, 0) is 15.0 Å². The van der Waals surface area contributed by atoms with Gasteiger partial charge in [-0.3, -0.25) is 4.79 Å². The number of nitrogens with one attached hydrogen (secondary N) is 1. The lowest BCUT2D eigenvalue weighted by molar-refractivity contribution is -0.135. The van der Waals surface area contributed by atoms with E-state index in [9.17, 15) is 14.7 Å². The minimum absolute atomic E-state index is 0.190. The summed E-state index contributed by atoms with van der Waals surface area (Å²) in [6, 6.07) is 21.2. The Kier molecular flexibility index (Phi) is 7.25. The van der Waals surface area contributed by atoms with Crippen LogP contribution < -0.4 is 10.1 Å². The van der Waals surface area contributed by atoms with Gasteiger partial charge in [0.1, 0.15) is 17.2 Å². The van der Waals surface area contributed by atoms with Gasteiger partial charge in [0.15, 0.2) is 0 Å². The molecular weight excluding hydrogens is 473 g/mol. The number of rotatable bonds is 7. The van der Waals surface area contributed by atoms with Crippen LogP contribution in [0.1, 0.15) is 36.8 Å². The summed E-state index contributed by atoms with van der Waals surface area (Å²) in [5.41, 5.74) is 0.491. The molecule has 1 aliphatic rings. The highest BCUT2D eigenvalue weighted by Crippen LogP contribution is 2.42. The molecule has 0 heterocycles. The number of carboxylic acids is 1. The molecule has 0 radical (unpaired) electrons. The Labute approximate surface area is 208 Å². The average Bonchev–Trinajstić information content (AvgIpc) is 3.33. The van der Waals surface area contributed by atoms with Crippen LogP contribution in [0.4, 0.5) is 0 Å². The van der Waals surface area contributed by atoms with Crippen molar-refractivity contribution in [1.29, 1.82) is 0 Å². The van der Waals surface area contributed by atoms with Crippen LogP contribution in [0.2, 0.25) is 10.0 Å². The first-order valence-electron chi connectivity index (χ1n) is 10.9. The molecule has 1 amide bonds. The third-order valence-corrected chi connectivity index (χ3v) is 6.59. The number of carboxylic acid groups (broad SMARTS) is 1. The van der Waals surface area contributed by atoms with Crippen molar-refractivity contribution in [3.05, 3.63) is 99.7 Å². The molecule has 0 unspecified atom stereocenters. The number of carbonyl (C=O) groups is 2. The Bertz CT molecular complexity index is 1210. The Balaban J connectivity index is 1.54. The van der Waals surface area contributed by atoms with Crippen molar-refractivity contribution in [1.82, 2.24) is 5.32 Å². The molecule has 5 nitrogen and oxygen atoms in total. The summed E-state index contributed by atoms with van der Waals surface area (Å²) in [4.78, 5) is 25.3. The SMILES string of the molecule is O=C(O)/C(=C/c1ccc(Oc2ccccc2Cl)cc1)NC(=O)C1(c2ccc(Cl)cc2)CCCC1. The highest BCUT2D eigenvalue weighted by Gasteiger charge is 2.43. The van der Waals surface area contributed by atoms with E-state index in [0.29, 0.717) is 39.9 Å². The maximum absolute atomic E-state index is 13.4. The van der Waals surface area contributed by atoms with Gasteiger partial charge in [-0.05, 0) is 66.4 Å². The van der Waals surface area contributed by atoms with Crippen LogP contribution in [-0.4, -0.2) is 17.0 Å². The van der Waals surface area contributed by atoms with Gasteiger partial charge in [0.2, 0.25) is 5.91 Å². The zero-order chi connectivity index (χ0) is 24.1. The summed E-state index contributed by atoms with van der Waals surface area (Å²) in [5.74, 6) is -0.456. The topological polar surface area (TPSA) is 75.6 Å². The Hall–Kier alpha value is -3.28. The van der Waals surface area contributed by atoms with Crippen molar-refractivity contribution >= 4 is 41.2 Å². The predicted octanol–water partition coefficient (Wildman–Crippen LogP) is 6.84. The molecule has 1 saturated carbocycles. The summed E-state index contributed by atoms with van der Waals surface area (Å²) >= 11 is 12.1. The van der Waals surface area contributed by atoms with Crippen molar-refractivity contribution in [2.75, 3.05) is 0 Å². The predicted molar refractivity (Wildman–Crippen MR) is 133 cm³/mol. The molecule has 0 aliphatic heterocycles. The van der Waals surface area contributed by atoms with E-state index < -0.39 is 11.4 Å². The van der Waals surface area contributed by atoms with Gasteiger partial charge in [-0.2, -0.15) is 0 Å². The van der Waals surface area contributed by atoms with Crippen LogP contribution in [0.15, 0.2) is 78.5 Å². The molecule has 2 N–H and O–H groups in total. The fourth-order valence-electron chi connectivity index (χ4n) is 4.24. The van der Waals surface area contributed by atoms with Crippen molar-refractivity contribution in [3.8, 4) is 11.5 Å². The molecule has 7 heteroatoms. The maximum atomic E-state index is 13.4. The number of para-hydroxylation sites is 1. The fourth-order valence-corrected chi connectivity index (χ4v) is 4.54. The highest BCUT2D eigenvalue weighted by atomic mass is 35.5. The van der Waals surface area contributed by atoms with Gasteiger partial charge >= 0.3 is 5.97 Å². The summed E-state index contributed by atoms with van der Waals surface area (Å²) in [6.07, 6.45) is 4.54. The Morgan fingerprint density at radius 3 is 2.18 bits per heavy atom. The summed E-state index contributed by atoms with van der Waals surface area (Å²) in [7, 11) is 0. The van der Waals surface area contributed by atoms with Crippen molar-refractivity contribution < 1.29 is 19.4 Å². The minimum atomic E-state index is -1.21. The highest BCUT2D eigenvalue weighted by molar-refractivity contribution is 6.32. The van der Waals surface area contributed by atoms with Gasteiger partial charge in [-0.25, -0.2) is 4.79 Å². The van der Waals surface area contributed by atoms with Gasteiger partial charge in [0, 0.05) is 5.02 Å². The molecule has 4 rings (SSSR count). The van der Waals surface area contributed by atoms with Crippen molar-refractivity contribution in [2.24, 2.45) is 0 Å². The molecule has 1 aliphatic carbocycles. The number of amides is 1. The normalized spacial score (nSPS) is 15.1. The van der Waals surface area contributed by atoms with E-state index in [1.54, 1.807) is 48.5 Å². The second-order valence-corrected chi connectivity index (χ2v) is 9.06. The van der Waals surface area contributed by atoms with Crippen molar-refractivity contribution in [2.45, 2.75) is 31.1 Å². The maximum Gasteiger partial charge on any atom is 0.352 e. The molecule has 0 saturated heterocycles. The molecule has 3 aromatic rings. The quantitative estimate of drug-likeness (QED) is 0.351. The van der Waals surface area contributed by atoms with E-state index in [-0.39, 0.29) is 11.6 Å². The van der Waals surface area contributed by atoms with Crippen molar-refractivity contribution in [3.63, 3.8) is 0 Å². The third kappa shape index (κ3) is 5.27. The van der Waals surface area contributed by atoms with E-state index in [1.165, 1.54) is 6.08 Å². The molecule has 1 fully saturated rings. The van der Waals surface area contributed by atoms with E-state index in [0.717, 1.165) is 18.4 Å². The minimum Gasteiger partial charge on any atom is -0.477 e. The molecular formula is C27H23Cl2NO4. The fraction of sp³-hybridized carbons (Fsp3) is 0.185. The Morgan fingerprint density at radius 2 is 1.56 bits per heavy atom. The van der Waals surface area contributed by atoms with Crippen LogP contribution in [0.5, 0.6) is 11.5 Å². The van der Waals surface area contributed by atoms with Crippen LogP contribution in [0, 0.1) is 0 Å². The van der Waals surface area contributed by atoms with Gasteiger partial charge in [0.25, 0.3) is 0 Å². The first-order valence-corrected chi connectivity index (χ1v) is 11.7. The zero-order valence-corrected chi connectivity index (χ0v) is 19.8. The van der Waals surface area contributed by atoms with Gasteiger partial charge in [-0.1, -0.05) is 72.4 Å². The largest absolute Gasteiger partial charge is 0.477 e. The first-order chi connectivity index (χ1) is 16.4. The molecule has 3 aromatic carbocycles. The lowest BCUT2D eigenvalue weighted by atomic mass is 9.78. The van der Waals surface area contributed by atoms with Gasteiger partial charge < -0.3 is 15.2 Å². The monoisotopic (exact) mass is 495 g/mol. The van der Waals surface area contributed by atoms with E-state index in [1.807, 2.05) is 24.3 Å². The van der Waals surface area contributed by atoms with Gasteiger partial charge in [-0.15, -0.1) is 0 Å². The number of hydrogen-bond donors (Lipinski definition) is 2. The van der Waals surface area contributed by atoms with Gasteiger partial charge in [0.05, 0.1) is 10.4 Å². The number of carbonyl (C=O) groups excluding carboxylic acids is 1. The number of ether oxygens (including phenoxy) is 1. The van der Waals surface area contributed by atoms with Crippen LogP contribution in [0.25, 0.3) is 6.08 Å². The number of hydrogen-bond acceptors (Lipinski definition) is 3. The lowest BCUT2D eigenvalue weighted by Crippen LogP contribution is -2.43. The number of benzene rings is 3. The lowest BCUT2D eigenvalue weighted by Gasteiger charge is -2.28. The number of halogens is 2. The van der Waals surface area contributed by atoms with E-state index >= 15 is 0 Å².